The normalized spacial score (nSPS) is 19.3. The molecule has 26 heavy (non-hydrogen) atoms. The molecule has 0 bridgehead atoms. The highest BCUT2D eigenvalue weighted by Crippen LogP contribution is 2.37. The van der Waals surface area contributed by atoms with Crippen molar-refractivity contribution in [2.45, 2.75) is 6.42 Å². The van der Waals surface area contributed by atoms with Gasteiger partial charge in [-0.05, 0) is 61.8 Å². The number of fused-ring (bicyclic) bond motifs is 1. The number of anilines is 3. The molecule has 0 saturated carbocycles. The van der Waals surface area contributed by atoms with Gasteiger partial charge in [-0.1, -0.05) is 12.1 Å². The molecule has 2 aliphatic rings. The molecule has 2 aromatic rings. The zero-order chi connectivity index (χ0) is 17.9. The topological polar surface area (TPSA) is 47.6 Å². The van der Waals surface area contributed by atoms with Crippen molar-refractivity contribution < 1.29 is 9.18 Å². The first-order chi connectivity index (χ1) is 12.7. The summed E-state index contributed by atoms with van der Waals surface area (Å²) in [5, 5.41) is 6.40. The minimum atomic E-state index is -0.249. The summed E-state index contributed by atoms with van der Waals surface area (Å²) in [6, 6.07) is 14.3. The van der Waals surface area contributed by atoms with Gasteiger partial charge in [0, 0.05) is 25.3 Å². The molecule has 0 aliphatic carbocycles. The largest absolute Gasteiger partial charge is 0.338 e. The molecule has 2 aromatic carbocycles. The summed E-state index contributed by atoms with van der Waals surface area (Å²) in [7, 11) is 0. The molecule has 2 N–H and O–H groups in total. The third kappa shape index (κ3) is 3.37. The van der Waals surface area contributed by atoms with Gasteiger partial charge in [0.1, 0.15) is 5.82 Å². The molecule has 136 valence electrons. The lowest BCUT2D eigenvalue weighted by molar-refractivity contribution is 0.244. The molecule has 2 heterocycles. The molecule has 4 rings (SSSR count). The summed E-state index contributed by atoms with van der Waals surface area (Å²) in [5.41, 5.74) is 2.77. The predicted molar refractivity (Wildman–Crippen MR) is 102 cm³/mol. The van der Waals surface area contributed by atoms with E-state index in [4.69, 9.17) is 0 Å². The Labute approximate surface area is 152 Å². The number of hydrogen-bond acceptors (Lipinski definition) is 3. The van der Waals surface area contributed by atoms with Gasteiger partial charge in [0.25, 0.3) is 0 Å². The molecule has 2 aliphatic heterocycles. The molecular weight excluding hydrogens is 331 g/mol. The zero-order valence-corrected chi connectivity index (χ0v) is 14.6. The quantitative estimate of drug-likeness (QED) is 0.890. The minimum Gasteiger partial charge on any atom is -0.338 e. The minimum absolute atomic E-state index is 0.0527. The highest BCUT2D eigenvalue weighted by atomic mass is 19.1. The molecule has 1 fully saturated rings. The van der Waals surface area contributed by atoms with Crippen LogP contribution in [0.3, 0.4) is 0 Å². The SMILES string of the molecule is O=C(NCC1CCNC1)N1CCN(c2ccc(F)cc2)c2ccccc21. The third-order valence-corrected chi connectivity index (χ3v) is 5.10. The maximum Gasteiger partial charge on any atom is 0.322 e. The lowest BCUT2D eigenvalue weighted by atomic mass is 10.1. The van der Waals surface area contributed by atoms with Crippen LogP contribution in [0.1, 0.15) is 6.42 Å². The van der Waals surface area contributed by atoms with Crippen LogP contribution in [0.5, 0.6) is 0 Å². The molecule has 5 nitrogen and oxygen atoms in total. The summed E-state index contributed by atoms with van der Waals surface area (Å²) in [6.45, 7) is 3.95. The summed E-state index contributed by atoms with van der Waals surface area (Å²) in [5.74, 6) is 0.260. The Morgan fingerprint density at radius 2 is 1.88 bits per heavy atom. The van der Waals surface area contributed by atoms with E-state index in [0.29, 0.717) is 25.6 Å². The maximum atomic E-state index is 13.2. The van der Waals surface area contributed by atoms with Crippen molar-refractivity contribution >= 4 is 23.1 Å². The Bertz CT molecular complexity index is 774. The first-order valence-corrected chi connectivity index (χ1v) is 9.10. The van der Waals surface area contributed by atoms with Gasteiger partial charge in [0.05, 0.1) is 11.4 Å². The van der Waals surface area contributed by atoms with Crippen molar-refractivity contribution in [3.63, 3.8) is 0 Å². The molecule has 6 heteroatoms. The zero-order valence-electron chi connectivity index (χ0n) is 14.6. The summed E-state index contributed by atoms with van der Waals surface area (Å²) >= 11 is 0. The Kier molecular flexibility index (Phi) is 4.75. The second kappa shape index (κ2) is 7.33. The number of hydrogen-bond donors (Lipinski definition) is 2. The highest BCUT2D eigenvalue weighted by molar-refractivity contribution is 5.97. The van der Waals surface area contributed by atoms with Gasteiger partial charge in [-0.3, -0.25) is 4.90 Å². The van der Waals surface area contributed by atoms with Crippen molar-refractivity contribution in [1.29, 1.82) is 0 Å². The first-order valence-electron chi connectivity index (χ1n) is 9.10. The van der Waals surface area contributed by atoms with Crippen LogP contribution in [-0.2, 0) is 0 Å². The number of urea groups is 1. The average molecular weight is 354 g/mol. The average Bonchev–Trinajstić information content (AvgIpc) is 3.20. The van der Waals surface area contributed by atoms with E-state index in [1.54, 1.807) is 17.0 Å². The van der Waals surface area contributed by atoms with Gasteiger partial charge in [-0.2, -0.15) is 0 Å². The van der Waals surface area contributed by atoms with Crippen LogP contribution in [-0.4, -0.2) is 38.8 Å². The molecule has 2 amide bonds. The molecule has 0 spiro atoms. The van der Waals surface area contributed by atoms with Gasteiger partial charge in [0.15, 0.2) is 0 Å². The fourth-order valence-corrected chi connectivity index (χ4v) is 3.68. The molecule has 1 atom stereocenters. The molecular formula is C20H23FN4O. The second-order valence-electron chi connectivity index (χ2n) is 6.81. The number of nitrogens with zero attached hydrogens (tertiary/aromatic N) is 2. The van der Waals surface area contributed by atoms with Crippen molar-refractivity contribution in [2.24, 2.45) is 5.92 Å². The number of amides is 2. The Morgan fingerprint density at radius 3 is 2.62 bits per heavy atom. The predicted octanol–water partition coefficient (Wildman–Crippen LogP) is 3.10. The first kappa shape index (κ1) is 16.8. The number of rotatable bonds is 3. The number of carbonyl (C=O) groups excluding carboxylic acids is 1. The van der Waals surface area contributed by atoms with Crippen LogP contribution < -0.4 is 20.4 Å². The van der Waals surface area contributed by atoms with Gasteiger partial charge < -0.3 is 15.5 Å². The Balaban J connectivity index is 1.53. The van der Waals surface area contributed by atoms with E-state index >= 15 is 0 Å². The van der Waals surface area contributed by atoms with Crippen molar-refractivity contribution in [3.05, 3.63) is 54.3 Å². The highest BCUT2D eigenvalue weighted by Gasteiger charge is 2.27. The summed E-state index contributed by atoms with van der Waals surface area (Å²) in [4.78, 5) is 16.7. The van der Waals surface area contributed by atoms with E-state index in [0.717, 1.165) is 36.6 Å². The molecule has 1 saturated heterocycles. The van der Waals surface area contributed by atoms with E-state index in [1.807, 2.05) is 24.3 Å². The molecule has 1 unspecified atom stereocenters. The van der Waals surface area contributed by atoms with Gasteiger partial charge in [0.2, 0.25) is 0 Å². The number of para-hydroxylation sites is 2. The lowest BCUT2D eigenvalue weighted by Crippen LogP contribution is -2.48. The fourth-order valence-electron chi connectivity index (χ4n) is 3.68. The smallest absolute Gasteiger partial charge is 0.322 e. The molecule has 0 aromatic heterocycles. The number of carbonyl (C=O) groups is 1. The number of benzene rings is 2. The van der Waals surface area contributed by atoms with Crippen molar-refractivity contribution in [3.8, 4) is 0 Å². The number of halogens is 1. The van der Waals surface area contributed by atoms with Crippen LogP contribution in [0.15, 0.2) is 48.5 Å². The standard InChI is InChI=1S/C20H23FN4O/c21-16-5-7-17(8-6-16)24-11-12-25(19-4-2-1-3-18(19)24)20(26)23-14-15-9-10-22-13-15/h1-8,15,22H,9-14H2,(H,23,26). The fraction of sp³-hybridized carbons (Fsp3) is 0.350. The number of nitrogens with one attached hydrogen (secondary N) is 2. The summed E-state index contributed by atoms with van der Waals surface area (Å²) < 4.78 is 13.2. The monoisotopic (exact) mass is 354 g/mol. The maximum absolute atomic E-state index is 13.2. The van der Waals surface area contributed by atoms with Crippen LogP contribution in [0.4, 0.5) is 26.2 Å². The second-order valence-corrected chi connectivity index (χ2v) is 6.81. The van der Waals surface area contributed by atoms with E-state index in [-0.39, 0.29) is 11.8 Å². The van der Waals surface area contributed by atoms with Gasteiger partial charge in [-0.25, -0.2) is 9.18 Å². The molecule has 0 radical (unpaired) electrons. The van der Waals surface area contributed by atoms with Gasteiger partial charge >= 0.3 is 6.03 Å². The Morgan fingerprint density at radius 1 is 1.12 bits per heavy atom. The summed E-state index contributed by atoms with van der Waals surface area (Å²) in [6.07, 6.45) is 1.11. The van der Waals surface area contributed by atoms with Crippen LogP contribution in [0.2, 0.25) is 0 Å². The van der Waals surface area contributed by atoms with Gasteiger partial charge in [-0.15, -0.1) is 0 Å². The lowest BCUT2D eigenvalue weighted by Gasteiger charge is -2.37. The van der Waals surface area contributed by atoms with Crippen molar-refractivity contribution in [1.82, 2.24) is 10.6 Å². The third-order valence-electron chi connectivity index (χ3n) is 5.10. The van der Waals surface area contributed by atoms with E-state index in [2.05, 4.69) is 15.5 Å². The van der Waals surface area contributed by atoms with Crippen LogP contribution in [0.25, 0.3) is 0 Å². The van der Waals surface area contributed by atoms with E-state index in [1.165, 1.54) is 12.1 Å². The van der Waals surface area contributed by atoms with Crippen molar-refractivity contribution in [2.75, 3.05) is 42.5 Å². The van der Waals surface area contributed by atoms with E-state index in [9.17, 15) is 9.18 Å². The Hall–Kier alpha value is -2.60. The van der Waals surface area contributed by atoms with Crippen LogP contribution in [0, 0.1) is 11.7 Å². The van der Waals surface area contributed by atoms with Crippen LogP contribution >= 0.6 is 0 Å². The van der Waals surface area contributed by atoms with E-state index < -0.39 is 0 Å².